The highest BCUT2D eigenvalue weighted by Crippen LogP contribution is 2.36. The smallest absolute Gasteiger partial charge is 0.338 e. The molecule has 0 atom stereocenters. The topological polar surface area (TPSA) is 75.0 Å². The molecule has 0 fully saturated rings. The minimum absolute atomic E-state index is 0.103. The summed E-state index contributed by atoms with van der Waals surface area (Å²) < 4.78 is 21.6. The number of halogens is 2. The summed E-state index contributed by atoms with van der Waals surface area (Å²) in [4.78, 5) is 24.2. The molecule has 0 aliphatic heterocycles. The zero-order chi connectivity index (χ0) is 19.6. The van der Waals surface area contributed by atoms with Crippen LogP contribution in [0.15, 0.2) is 50.1 Å². The zero-order valence-electron chi connectivity index (χ0n) is 14.4. The van der Waals surface area contributed by atoms with Gasteiger partial charge in [-0.05, 0) is 30.3 Å². The van der Waals surface area contributed by atoms with Gasteiger partial charge in [0.15, 0.2) is 11.5 Å². The van der Waals surface area contributed by atoms with E-state index < -0.39 is 11.6 Å². The highest BCUT2D eigenvalue weighted by atomic mass is 79.9. The van der Waals surface area contributed by atoms with Gasteiger partial charge in [-0.3, -0.25) is 0 Å². The van der Waals surface area contributed by atoms with Crippen LogP contribution in [0.4, 0.5) is 0 Å². The normalized spacial score (nSPS) is 10.7. The van der Waals surface area contributed by atoms with E-state index in [2.05, 4.69) is 15.9 Å². The summed E-state index contributed by atoms with van der Waals surface area (Å²) in [7, 11) is 2.89. The predicted octanol–water partition coefficient (Wildman–Crippen LogP) is 4.58. The highest BCUT2D eigenvalue weighted by molar-refractivity contribution is 9.10. The van der Waals surface area contributed by atoms with E-state index in [-0.39, 0.29) is 17.2 Å². The molecule has 0 radical (unpaired) electrons. The lowest BCUT2D eigenvalue weighted by atomic mass is 10.1. The first-order chi connectivity index (χ1) is 12.9. The molecular formula is C19H14BrClO6. The van der Waals surface area contributed by atoms with Crippen molar-refractivity contribution >= 4 is 44.5 Å². The Morgan fingerprint density at radius 2 is 1.93 bits per heavy atom. The van der Waals surface area contributed by atoms with E-state index >= 15 is 0 Å². The van der Waals surface area contributed by atoms with Crippen LogP contribution in [0.25, 0.3) is 11.0 Å². The molecule has 1 aromatic heterocycles. The van der Waals surface area contributed by atoms with E-state index in [1.54, 1.807) is 12.1 Å². The van der Waals surface area contributed by atoms with Crippen LogP contribution in [0.5, 0.6) is 11.5 Å². The van der Waals surface area contributed by atoms with Gasteiger partial charge in [-0.25, -0.2) is 9.59 Å². The summed E-state index contributed by atoms with van der Waals surface area (Å²) in [5, 5.41) is 0.899. The van der Waals surface area contributed by atoms with Crippen LogP contribution < -0.4 is 15.1 Å². The van der Waals surface area contributed by atoms with E-state index in [0.29, 0.717) is 28.0 Å². The number of fused-ring (bicyclic) bond motifs is 1. The van der Waals surface area contributed by atoms with Gasteiger partial charge in [0.05, 0.1) is 24.8 Å². The third-order valence-electron chi connectivity index (χ3n) is 3.82. The Labute approximate surface area is 167 Å². The van der Waals surface area contributed by atoms with E-state index in [0.717, 1.165) is 4.47 Å². The highest BCUT2D eigenvalue weighted by Gasteiger charge is 2.17. The van der Waals surface area contributed by atoms with Gasteiger partial charge in [-0.15, -0.1) is 0 Å². The van der Waals surface area contributed by atoms with Crippen molar-refractivity contribution in [3.05, 3.63) is 67.4 Å². The Morgan fingerprint density at radius 1 is 1.15 bits per heavy atom. The van der Waals surface area contributed by atoms with Crippen LogP contribution in [0.3, 0.4) is 0 Å². The monoisotopic (exact) mass is 452 g/mol. The molecule has 2 aromatic carbocycles. The first-order valence-electron chi connectivity index (χ1n) is 7.74. The van der Waals surface area contributed by atoms with Gasteiger partial charge >= 0.3 is 11.6 Å². The van der Waals surface area contributed by atoms with E-state index in [4.69, 9.17) is 30.2 Å². The van der Waals surface area contributed by atoms with Crippen molar-refractivity contribution in [2.24, 2.45) is 0 Å². The standard InChI is InChI=1S/C19H14BrClO6/c1-24-16-6-10(5-14(21)18(16)25-2)19(23)26-9-11-7-17(22)27-15-8-12(20)3-4-13(11)15/h3-8H,9H2,1-2H3. The number of carbonyl (C=O) groups excluding carboxylic acids is 1. The fourth-order valence-electron chi connectivity index (χ4n) is 2.59. The second-order valence-corrected chi connectivity index (χ2v) is 6.82. The second-order valence-electron chi connectivity index (χ2n) is 5.50. The molecule has 0 saturated carbocycles. The molecule has 0 N–H and O–H groups in total. The molecule has 3 rings (SSSR count). The van der Waals surface area contributed by atoms with E-state index in [9.17, 15) is 9.59 Å². The van der Waals surface area contributed by atoms with Crippen LogP contribution in [0.1, 0.15) is 15.9 Å². The third-order valence-corrected chi connectivity index (χ3v) is 4.59. The fraction of sp³-hybridized carbons (Fsp3) is 0.158. The number of benzene rings is 2. The van der Waals surface area contributed by atoms with Gasteiger partial charge in [0.1, 0.15) is 12.2 Å². The summed E-state index contributed by atoms with van der Waals surface area (Å²) in [5.74, 6) is 0.0249. The van der Waals surface area contributed by atoms with Crippen LogP contribution in [0.2, 0.25) is 5.02 Å². The Kier molecular flexibility index (Phi) is 5.72. The molecule has 0 amide bonds. The number of hydrogen-bond donors (Lipinski definition) is 0. The summed E-state index contributed by atoms with van der Waals surface area (Å²) in [6.07, 6.45) is 0. The Bertz CT molecular complexity index is 1080. The third kappa shape index (κ3) is 4.09. The number of ether oxygens (including phenoxy) is 3. The van der Waals surface area contributed by atoms with Crippen molar-refractivity contribution in [2.45, 2.75) is 6.61 Å². The summed E-state index contributed by atoms with van der Waals surface area (Å²) in [6, 6.07) is 9.46. The lowest BCUT2D eigenvalue weighted by molar-refractivity contribution is 0.0473. The molecule has 1 heterocycles. The number of esters is 1. The van der Waals surface area contributed by atoms with Crippen LogP contribution in [-0.4, -0.2) is 20.2 Å². The Morgan fingerprint density at radius 3 is 2.63 bits per heavy atom. The maximum absolute atomic E-state index is 12.4. The maximum Gasteiger partial charge on any atom is 0.338 e. The predicted molar refractivity (Wildman–Crippen MR) is 104 cm³/mol. The summed E-state index contributed by atoms with van der Waals surface area (Å²) >= 11 is 9.44. The van der Waals surface area contributed by atoms with E-state index in [1.165, 1.54) is 32.4 Å². The lowest BCUT2D eigenvalue weighted by Crippen LogP contribution is -2.08. The molecule has 140 valence electrons. The van der Waals surface area contributed by atoms with Crippen molar-refractivity contribution in [2.75, 3.05) is 14.2 Å². The molecule has 0 saturated heterocycles. The van der Waals surface area contributed by atoms with Crippen molar-refractivity contribution in [3.8, 4) is 11.5 Å². The minimum Gasteiger partial charge on any atom is -0.493 e. The lowest BCUT2D eigenvalue weighted by Gasteiger charge is -2.12. The average Bonchev–Trinajstić information content (AvgIpc) is 2.64. The molecular weight excluding hydrogens is 440 g/mol. The fourth-order valence-corrected chi connectivity index (χ4v) is 3.21. The molecule has 0 aliphatic carbocycles. The van der Waals surface area contributed by atoms with Gasteiger partial charge in [0.25, 0.3) is 0 Å². The van der Waals surface area contributed by atoms with Crippen molar-refractivity contribution in [3.63, 3.8) is 0 Å². The Hall–Kier alpha value is -2.51. The summed E-state index contributed by atoms with van der Waals surface area (Å²) in [5.41, 5.74) is 0.610. The van der Waals surface area contributed by atoms with Gasteiger partial charge in [-0.2, -0.15) is 0 Å². The number of rotatable bonds is 5. The number of methoxy groups -OCH3 is 2. The van der Waals surface area contributed by atoms with Gasteiger partial charge in [-0.1, -0.05) is 27.5 Å². The average molecular weight is 454 g/mol. The molecule has 0 spiro atoms. The summed E-state index contributed by atoms with van der Waals surface area (Å²) in [6.45, 7) is -0.103. The van der Waals surface area contributed by atoms with Gasteiger partial charge in [0.2, 0.25) is 0 Å². The zero-order valence-corrected chi connectivity index (χ0v) is 16.7. The number of hydrogen-bond acceptors (Lipinski definition) is 6. The van der Waals surface area contributed by atoms with Crippen LogP contribution >= 0.6 is 27.5 Å². The largest absolute Gasteiger partial charge is 0.493 e. The van der Waals surface area contributed by atoms with Crippen LogP contribution in [-0.2, 0) is 11.3 Å². The maximum atomic E-state index is 12.4. The Balaban J connectivity index is 1.87. The first-order valence-corrected chi connectivity index (χ1v) is 8.91. The molecule has 27 heavy (non-hydrogen) atoms. The van der Waals surface area contributed by atoms with Crippen LogP contribution in [0, 0.1) is 0 Å². The first kappa shape index (κ1) is 19.3. The van der Waals surface area contributed by atoms with E-state index in [1.807, 2.05) is 6.07 Å². The van der Waals surface area contributed by atoms with Crippen molar-refractivity contribution < 1.29 is 23.4 Å². The SMILES string of the molecule is COc1cc(C(=O)OCc2cc(=O)oc3cc(Br)ccc23)cc(Cl)c1OC. The molecule has 0 unspecified atom stereocenters. The molecule has 6 nitrogen and oxygen atoms in total. The second kappa shape index (κ2) is 8.02. The molecule has 8 heteroatoms. The van der Waals surface area contributed by atoms with Crippen molar-refractivity contribution in [1.82, 2.24) is 0 Å². The molecule has 3 aromatic rings. The molecule has 0 aliphatic rings. The van der Waals surface area contributed by atoms with Gasteiger partial charge < -0.3 is 18.6 Å². The van der Waals surface area contributed by atoms with Crippen molar-refractivity contribution in [1.29, 1.82) is 0 Å². The minimum atomic E-state index is -0.614. The quantitative estimate of drug-likeness (QED) is 0.416. The number of carbonyl (C=O) groups is 1. The molecule has 0 bridgehead atoms. The van der Waals surface area contributed by atoms with Gasteiger partial charge in [0, 0.05) is 21.5 Å².